The van der Waals surface area contributed by atoms with Gasteiger partial charge in [-0.1, -0.05) is 12.2 Å². The highest BCUT2D eigenvalue weighted by atomic mass is 32.2. The summed E-state index contributed by atoms with van der Waals surface area (Å²) >= 11 is 0. The van der Waals surface area contributed by atoms with Gasteiger partial charge in [-0.2, -0.15) is 16.8 Å². The third-order valence-electron chi connectivity index (χ3n) is 2.52. The highest BCUT2D eigenvalue weighted by Crippen LogP contribution is 2.19. The molecular formula is C12H10O5S2. The lowest BCUT2D eigenvalue weighted by Gasteiger charge is -2.15. The Hall–Kier alpha value is -1.86. The summed E-state index contributed by atoms with van der Waals surface area (Å²) in [5.41, 5.74) is 0. The van der Waals surface area contributed by atoms with Crippen LogP contribution in [0.15, 0.2) is 48.0 Å². The van der Waals surface area contributed by atoms with E-state index in [2.05, 4.69) is 0 Å². The first kappa shape index (κ1) is 13.6. The van der Waals surface area contributed by atoms with Crippen LogP contribution in [0.5, 0.6) is 0 Å². The van der Waals surface area contributed by atoms with Crippen LogP contribution in [0.1, 0.15) is 12.8 Å². The summed E-state index contributed by atoms with van der Waals surface area (Å²) in [6, 6.07) is 0. The van der Waals surface area contributed by atoms with Crippen LogP contribution >= 0.6 is 0 Å². The van der Waals surface area contributed by atoms with Crippen LogP contribution in [0.2, 0.25) is 0 Å². The zero-order valence-electron chi connectivity index (χ0n) is 9.74. The smallest absolute Gasteiger partial charge is 0.217 e. The fourth-order valence-corrected chi connectivity index (χ4v) is 2.54. The summed E-state index contributed by atoms with van der Waals surface area (Å²) in [6.07, 6.45) is 9.81. The maximum Gasteiger partial charge on any atom is 0.217 e. The SMILES string of the molecule is O=S(=O)=C1C=CC=C(OC2=CC=CC(=S(=O)=O)C2)C1. The topological polar surface area (TPSA) is 77.5 Å². The first-order valence-corrected chi connectivity index (χ1v) is 7.54. The maximum atomic E-state index is 10.9. The molecule has 0 N–H and O–H groups in total. The van der Waals surface area contributed by atoms with Crippen molar-refractivity contribution in [1.82, 2.24) is 0 Å². The summed E-state index contributed by atoms with van der Waals surface area (Å²) in [5, 5.41) is 0. The van der Waals surface area contributed by atoms with Gasteiger partial charge in [0.05, 0.1) is 9.73 Å². The molecule has 0 saturated heterocycles. The Bertz CT molecular complexity index is 703. The van der Waals surface area contributed by atoms with Crippen LogP contribution in [-0.2, 0) is 25.3 Å². The molecule has 0 amide bonds. The van der Waals surface area contributed by atoms with Crippen LogP contribution in [0.3, 0.4) is 0 Å². The Labute approximate surface area is 113 Å². The molecule has 2 rings (SSSR count). The Balaban J connectivity index is 2.16. The molecule has 0 aliphatic heterocycles. The van der Waals surface area contributed by atoms with Gasteiger partial charge in [-0.3, -0.25) is 0 Å². The van der Waals surface area contributed by atoms with E-state index < -0.39 is 20.6 Å². The van der Waals surface area contributed by atoms with E-state index in [1.807, 2.05) is 0 Å². The molecule has 0 unspecified atom stereocenters. The first-order chi connectivity index (χ1) is 9.06. The lowest BCUT2D eigenvalue weighted by molar-refractivity contribution is 0.296. The van der Waals surface area contributed by atoms with E-state index >= 15 is 0 Å². The number of ether oxygens (including phenoxy) is 1. The van der Waals surface area contributed by atoms with Crippen molar-refractivity contribution in [2.45, 2.75) is 12.8 Å². The molecule has 0 aromatic carbocycles. The minimum absolute atomic E-state index is 0.170. The molecular weight excluding hydrogens is 288 g/mol. The molecule has 100 valence electrons. The fourth-order valence-electron chi connectivity index (χ4n) is 1.64. The van der Waals surface area contributed by atoms with Gasteiger partial charge in [0.1, 0.15) is 11.5 Å². The lowest BCUT2D eigenvalue weighted by atomic mass is 10.1. The normalized spacial score (nSPS) is 17.9. The first-order valence-electron chi connectivity index (χ1n) is 5.39. The van der Waals surface area contributed by atoms with Gasteiger partial charge in [-0.25, -0.2) is 0 Å². The van der Waals surface area contributed by atoms with E-state index in [4.69, 9.17) is 4.74 Å². The molecule has 7 heteroatoms. The van der Waals surface area contributed by atoms with Crippen molar-refractivity contribution in [1.29, 1.82) is 0 Å². The fraction of sp³-hybridized carbons (Fsp3) is 0.167. The van der Waals surface area contributed by atoms with E-state index in [1.165, 1.54) is 12.2 Å². The van der Waals surface area contributed by atoms with Crippen LogP contribution in [0, 0.1) is 0 Å². The van der Waals surface area contributed by atoms with Gasteiger partial charge in [0, 0.05) is 12.8 Å². The molecule has 0 atom stereocenters. The minimum atomic E-state index is -2.27. The van der Waals surface area contributed by atoms with Gasteiger partial charge in [0.2, 0.25) is 20.6 Å². The third kappa shape index (κ3) is 3.55. The Morgan fingerprint density at radius 2 is 1.21 bits per heavy atom. The second-order valence-electron chi connectivity index (χ2n) is 3.84. The summed E-state index contributed by atoms with van der Waals surface area (Å²) < 4.78 is 48.9. The van der Waals surface area contributed by atoms with Gasteiger partial charge in [0.15, 0.2) is 0 Å². The number of hydrogen-bond donors (Lipinski definition) is 0. The van der Waals surface area contributed by atoms with Crippen molar-refractivity contribution in [3.8, 4) is 0 Å². The third-order valence-corrected chi connectivity index (χ3v) is 3.93. The molecule has 0 aromatic rings. The van der Waals surface area contributed by atoms with Crippen molar-refractivity contribution in [2.75, 3.05) is 0 Å². The van der Waals surface area contributed by atoms with Crippen LogP contribution in [0.25, 0.3) is 0 Å². The van der Waals surface area contributed by atoms with Crippen LogP contribution < -0.4 is 0 Å². The Morgan fingerprint density at radius 3 is 1.58 bits per heavy atom. The molecule has 0 saturated carbocycles. The predicted molar refractivity (Wildman–Crippen MR) is 72.6 cm³/mol. The molecule has 2 aliphatic carbocycles. The average Bonchev–Trinajstić information content (AvgIpc) is 2.39. The molecule has 0 spiro atoms. The van der Waals surface area contributed by atoms with Crippen molar-refractivity contribution in [3.63, 3.8) is 0 Å². The minimum Gasteiger partial charge on any atom is -0.465 e. The van der Waals surface area contributed by atoms with Gasteiger partial charge in [0.25, 0.3) is 0 Å². The van der Waals surface area contributed by atoms with E-state index in [0.29, 0.717) is 11.5 Å². The largest absolute Gasteiger partial charge is 0.465 e. The van der Waals surface area contributed by atoms with E-state index in [9.17, 15) is 16.8 Å². The van der Waals surface area contributed by atoms with Gasteiger partial charge in [-0.15, -0.1) is 0 Å². The van der Waals surface area contributed by atoms with Crippen LogP contribution in [0.4, 0.5) is 0 Å². The van der Waals surface area contributed by atoms with Gasteiger partial charge in [-0.05, 0) is 24.3 Å². The Kier molecular flexibility index (Phi) is 4.18. The molecule has 2 aliphatic rings. The molecule has 19 heavy (non-hydrogen) atoms. The van der Waals surface area contributed by atoms with Crippen molar-refractivity contribution < 1.29 is 21.6 Å². The summed E-state index contributed by atoms with van der Waals surface area (Å²) in [4.78, 5) is 0.474. The second kappa shape index (κ2) is 5.85. The van der Waals surface area contributed by atoms with Crippen molar-refractivity contribution in [3.05, 3.63) is 48.0 Å². The maximum absolute atomic E-state index is 10.9. The quantitative estimate of drug-likeness (QED) is 0.704. The number of allylic oxidation sites excluding steroid dienone is 8. The van der Waals surface area contributed by atoms with Gasteiger partial charge >= 0.3 is 0 Å². The zero-order chi connectivity index (χ0) is 13.8. The highest BCUT2D eigenvalue weighted by Gasteiger charge is 2.13. The number of hydrogen-bond acceptors (Lipinski definition) is 5. The second-order valence-corrected chi connectivity index (χ2v) is 5.83. The van der Waals surface area contributed by atoms with Crippen molar-refractivity contribution >= 4 is 30.3 Å². The standard InChI is InChI=1S/C12H10O5S2/c13-18(14)11-5-1-3-9(7-11)17-10-4-2-6-12(8-10)19(15)16/h1-6H,7-8H2. The van der Waals surface area contributed by atoms with Crippen LogP contribution in [-0.4, -0.2) is 26.6 Å². The van der Waals surface area contributed by atoms with E-state index in [1.54, 1.807) is 24.3 Å². The monoisotopic (exact) mass is 298 g/mol. The number of rotatable bonds is 2. The lowest BCUT2D eigenvalue weighted by Crippen LogP contribution is -2.08. The van der Waals surface area contributed by atoms with Crippen molar-refractivity contribution in [2.24, 2.45) is 0 Å². The molecule has 0 heterocycles. The summed E-state index contributed by atoms with van der Waals surface area (Å²) in [5.74, 6) is 0.943. The predicted octanol–water partition coefficient (Wildman–Crippen LogP) is 0.794. The summed E-state index contributed by atoms with van der Waals surface area (Å²) in [6.45, 7) is 0. The average molecular weight is 298 g/mol. The van der Waals surface area contributed by atoms with Gasteiger partial charge < -0.3 is 4.74 Å². The molecule has 0 radical (unpaired) electrons. The molecule has 5 nitrogen and oxygen atoms in total. The zero-order valence-corrected chi connectivity index (χ0v) is 11.4. The molecule has 0 fully saturated rings. The molecule has 0 bridgehead atoms. The molecule has 0 aromatic heterocycles. The highest BCUT2D eigenvalue weighted by molar-refractivity contribution is 7.73. The van der Waals surface area contributed by atoms with E-state index in [-0.39, 0.29) is 22.6 Å². The van der Waals surface area contributed by atoms with E-state index in [0.717, 1.165) is 0 Å². The Morgan fingerprint density at radius 1 is 0.789 bits per heavy atom. The summed E-state index contributed by atoms with van der Waals surface area (Å²) in [7, 11) is -4.54.